The van der Waals surface area contributed by atoms with E-state index < -0.39 is 0 Å². The number of hydrogen-bond donors (Lipinski definition) is 1. The van der Waals surface area contributed by atoms with Crippen molar-refractivity contribution < 1.29 is 4.74 Å². The topological polar surface area (TPSA) is 53.1 Å². The highest BCUT2D eigenvalue weighted by atomic mass is 35.5. The van der Waals surface area contributed by atoms with Crippen LogP contribution in [0.15, 0.2) is 18.2 Å². The van der Waals surface area contributed by atoms with Crippen molar-refractivity contribution in [3.05, 3.63) is 39.0 Å². The van der Waals surface area contributed by atoms with Crippen LogP contribution in [0.25, 0.3) is 0 Å². The zero-order chi connectivity index (χ0) is 13.3. The second kappa shape index (κ2) is 5.26. The zero-order valence-electron chi connectivity index (χ0n) is 9.45. The van der Waals surface area contributed by atoms with E-state index in [0.29, 0.717) is 26.6 Å². The maximum absolute atomic E-state index is 6.00. The molecule has 0 radical (unpaired) electrons. The highest BCUT2D eigenvalue weighted by molar-refractivity contribution is 6.40. The molecule has 96 valence electrons. The summed E-state index contributed by atoms with van der Waals surface area (Å²) >= 11 is 17.8. The van der Waals surface area contributed by atoms with Crippen molar-refractivity contribution in [2.75, 3.05) is 5.73 Å². The van der Waals surface area contributed by atoms with E-state index in [2.05, 4.69) is 5.10 Å². The third kappa shape index (κ3) is 2.83. The average molecular weight is 307 g/mol. The number of aryl methyl sites for hydroxylation is 1. The van der Waals surface area contributed by atoms with Gasteiger partial charge in [-0.1, -0.05) is 34.8 Å². The molecule has 18 heavy (non-hydrogen) atoms. The molecule has 0 aliphatic rings. The molecule has 2 N–H and O–H groups in total. The van der Waals surface area contributed by atoms with E-state index in [4.69, 9.17) is 45.3 Å². The number of rotatable bonds is 3. The summed E-state index contributed by atoms with van der Waals surface area (Å²) < 4.78 is 7.13. The standard InChI is InChI=1S/C11H10Cl3N3O/c1-6-2-10(15)16-17(6)5-18-11-8(13)3-7(12)4-9(11)14/h2-4H,5H2,1H3,(H2,15,16). The van der Waals surface area contributed by atoms with E-state index in [1.807, 2.05) is 6.92 Å². The summed E-state index contributed by atoms with van der Waals surface area (Å²) in [6.45, 7) is 2.04. The van der Waals surface area contributed by atoms with Gasteiger partial charge < -0.3 is 10.5 Å². The lowest BCUT2D eigenvalue weighted by atomic mass is 10.3. The van der Waals surface area contributed by atoms with Gasteiger partial charge in [-0.05, 0) is 19.1 Å². The molecule has 2 rings (SSSR count). The highest BCUT2D eigenvalue weighted by Gasteiger charge is 2.10. The van der Waals surface area contributed by atoms with Crippen LogP contribution in [0, 0.1) is 6.92 Å². The lowest BCUT2D eigenvalue weighted by Crippen LogP contribution is -2.09. The number of nitrogens with two attached hydrogens (primary N) is 1. The predicted octanol–water partition coefficient (Wildman–Crippen LogP) is 3.77. The van der Waals surface area contributed by atoms with Crippen molar-refractivity contribution in [1.29, 1.82) is 0 Å². The normalized spacial score (nSPS) is 10.7. The molecule has 0 saturated heterocycles. The van der Waals surface area contributed by atoms with Crippen molar-refractivity contribution in [2.24, 2.45) is 0 Å². The van der Waals surface area contributed by atoms with Gasteiger partial charge in [0.1, 0.15) is 5.82 Å². The van der Waals surface area contributed by atoms with Crippen LogP contribution in [0.3, 0.4) is 0 Å². The number of nitrogen functional groups attached to an aromatic ring is 1. The summed E-state index contributed by atoms with van der Waals surface area (Å²) in [7, 11) is 0. The lowest BCUT2D eigenvalue weighted by Gasteiger charge is -2.11. The van der Waals surface area contributed by atoms with E-state index in [9.17, 15) is 0 Å². The number of aromatic nitrogens is 2. The first-order valence-corrected chi connectivity index (χ1v) is 6.18. The zero-order valence-corrected chi connectivity index (χ0v) is 11.7. The Labute approximate surface area is 119 Å². The number of benzene rings is 1. The van der Waals surface area contributed by atoms with Gasteiger partial charge in [-0.25, -0.2) is 4.68 Å². The minimum Gasteiger partial charge on any atom is -0.468 e. The molecular formula is C11H10Cl3N3O. The molecule has 2 aromatic rings. The van der Waals surface area contributed by atoms with Crippen molar-refractivity contribution in [3.63, 3.8) is 0 Å². The maximum Gasteiger partial charge on any atom is 0.181 e. The second-order valence-corrected chi connectivity index (χ2v) is 4.93. The molecule has 0 saturated carbocycles. The molecule has 0 unspecified atom stereocenters. The minimum atomic E-state index is 0.171. The molecule has 1 aromatic carbocycles. The van der Waals surface area contributed by atoms with Crippen molar-refractivity contribution in [2.45, 2.75) is 13.7 Å². The summed E-state index contributed by atoms with van der Waals surface area (Å²) in [5, 5.41) is 5.22. The lowest BCUT2D eigenvalue weighted by molar-refractivity contribution is 0.219. The monoisotopic (exact) mass is 305 g/mol. The fraction of sp³-hybridized carbons (Fsp3) is 0.182. The van der Waals surface area contributed by atoms with Crippen LogP contribution in [0.1, 0.15) is 5.69 Å². The third-order valence-corrected chi connectivity index (χ3v) is 3.07. The Kier molecular flexibility index (Phi) is 3.90. The summed E-state index contributed by atoms with van der Waals surface area (Å²) in [5.41, 5.74) is 6.45. The van der Waals surface area contributed by atoms with Gasteiger partial charge in [-0.15, -0.1) is 0 Å². The largest absolute Gasteiger partial charge is 0.468 e. The number of hydrogen-bond acceptors (Lipinski definition) is 3. The van der Waals surface area contributed by atoms with Gasteiger partial charge in [0.15, 0.2) is 12.5 Å². The Hall–Kier alpha value is -1.10. The molecule has 0 aliphatic heterocycles. The molecule has 0 amide bonds. The van der Waals surface area contributed by atoms with Gasteiger partial charge in [0.05, 0.1) is 10.0 Å². The first kappa shape index (κ1) is 13.3. The SMILES string of the molecule is Cc1cc(N)nn1COc1c(Cl)cc(Cl)cc1Cl. The van der Waals surface area contributed by atoms with Crippen LogP contribution in [0.5, 0.6) is 5.75 Å². The van der Waals surface area contributed by atoms with E-state index in [1.54, 1.807) is 22.9 Å². The van der Waals surface area contributed by atoms with E-state index >= 15 is 0 Å². The number of nitrogens with zero attached hydrogens (tertiary/aromatic N) is 2. The van der Waals surface area contributed by atoms with Gasteiger partial charge in [-0.3, -0.25) is 0 Å². The Morgan fingerprint density at radius 3 is 2.33 bits per heavy atom. The quantitative estimate of drug-likeness (QED) is 0.939. The van der Waals surface area contributed by atoms with Crippen LogP contribution >= 0.6 is 34.8 Å². The Morgan fingerprint density at radius 1 is 1.22 bits per heavy atom. The van der Waals surface area contributed by atoms with Gasteiger partial charge in [0.25, 0.3) is 0 Å². The molecule has 0 spiro atoms. The van der Waals surface area contributed by atoms with Crippen molar-refractivity contribution >= 4 is 40.6 Å². The Balaban J connectivity index is 2.18. The maximum atomic E-state index is 6.00. The van der Waals surface area contributed by atoms with Crippen LogP contribution < -0.4 is 10.5 Å². The van der Waals surface area contributed by atoms with Crippen LogP contribution in [-0.4, -0.2) is 9.78 Å². The summed E-state index contributed by atoms with van der Waals surface area (Å²) in [4.78, 5) is 0. The van der Waals surface area contributed by atoms with Gasteiger partial charge in [0, 0.05) is 16.8 Å². The summed E-state index contributed by atoms with van der Waals surface area (Å²) in [6, 6.07) is 4.87. The number of ether oxygens (including phenoxy) is 1. The first-order chi connectivity index (χ1) is 8.47. The predicted molar refractivity (Wildman–Crippen MR) is 73.5 cm³/mol. The van der Waals surface area contributed by atoms with Crippen molar-refractivity contribution in [1.82, 2.24) is 9.78 Å². The van der Waals surface area contributed by atoms with Crippen LogP contribution in [0.4, 0.5) is 5.82 Å². The molecule has 0 aliphatic carbocycles. The molecule has 1 heterocycles. The first-order valence-electron chi connectivity index (χ1n) is 5.04. The van der Waals surface area contributed by atoms with Gasteiger partial charge in [0.2, 0.25) is 0 Å². The molecule has 1 aromatic heterocycles. The average Bonchev–Trinajstić information content (AvgIpc) is 2.55. The van der Waals surface area contributed by atoms with Crippen LogP contribution in [-0.2, 0) is 6.73 Å². The summed E-state index contributed by atoms with van der Waals surface area (Å²) in [5.74, 6) is 0.806. The third-order valence-electron chi connectivity index (χ3n) is 2.29. The molecular weight excluding hydrogens is 296 g/mol. The fourth-order valence-electron chi connectivity index (χ4n) is 1.46. The molecule has 0 atom stereocenters. The Morgan fingerprint density at radius 2 is 1.83 bits per heavy atom. The van der Waals surface area contributed by atoms with Gasteiger partial charge >= 0.3 is 0 Å². The summed E-state index contributed by atoms with van der Waals surface area (Å²) in [6.07, 6.45) is 0. The Bertz CT molecular complexity index is 560. The molecule has 0 fully saturated rings. The number of halogens is 3. The second-order valence-electron chi connectivity index (χ2n) is 3.68. The van der Waals surface area contributed by atoms with Gasteiger partial charge in [-0.2, -0.15) is 5.10 Å². The highest BCUT2D eigenvalue weighted by Crippen LogP contribution is 2.35. The minimum absolute atomic E-state index is 0.171. The fourth-order valence-corrected chi connectivity index (χ4v) is 2.38. The van der Waals surface area contributed by atoms with E-state index in [0.717, 1.165) is 5.69 Å². The molecule has 4 nitrogen and oxygen atoms in total. The molecule has 7 heteroatoms. The number of anilines is 1. The molecule has 0 bridgehead atoms. The van der Waals surface area contributed by atoms with E-state index in [1.165, 1.54) is 0 Å². The van der Waals surface area contributed by atoms with Crippen LogP contribution in [0.2, 0.25) is 15.1 Å². The smallest absolute Gasteiger partial charge is 0.181 e. The van der Waals surface area contributed by atoms with E-state index in [-0.39, 0.29) is 6.73 Å². The van der Waals surface area contributed by atoms with Crippen molar-refractivity contribution in [3.8, 4) is 5.75 Å².